The molecule has 0 unspecified atom stereocenters. The maximum absolute atomic E-state index is 13.7. The number of amides is 2. The van der Waals surface area contributed by atoms with Crippen molar-refractivity contribution in [2.24, 2.45) is 0 Å². The van der Waals surface area contributed by atoms with E-state index in [0.29, 0.717) is 49.2 Å². The normalized spacial score (nSPS) is 15.3. The zero-order chi connectivity index (χ0) is 17.9. The SMILES string of the molecule is CCOC(=O)N(C)C1CCN(C(=O)c2cc(C)c(F)c(C)c2)CC1. The minimum absolute atomic E-state index is 0.0739. The van der Waals surface area contributed by atoms with Crippen molar-refractivity contribution in [2.75, 3.05) is 26.7 Å². The summed E-state index contributed by atoms with van der Waals surface area (Å²) >= 11 is 0. The predicted molar refractivity (Wildman–Crippen MR) is 89.6 cm³/mol. The second kappa shape index (κ2) is 7.64. The highest BCUT2D eigenvalue weighted by molar-refractivity contribution is 5.94. The van der Waals surface area contributed by atoms with Gasteiger partial charge in [-0.1, -0.05) is 0 Å². The average Bonchev–Trinajstić information content (AvgIpc) is 2.58. The van der Waals surface area contributed by atoms with E-state index in [0.717, 1.165) is 0 Å². The van der Waals surface area contributed by atoms with Crippen LogP contribution in [-0.4, -0.2) is 54.6 Å². The molecule has 6 heteroatoms. The van der Waals surface area contributed by atoms with Gasteiger partial charge in [-0.25, -0.2) is 9.18 Å². The average molecular weight is 336 g/mol. The lowest BCUT2D eigenvalue weighted by molar-refractivity contribution is 0.0604. The number of rotatable bonds is 3. The fourth-order valence-electron chi connectivity index (χ4n) is 3.08. The number of nitrogens with zero attached hydrogens (tertiary/aromatic N) is 2. The molecular weight excluding hydrogens is 311 g/mol. The summed E-state index contributed by atoms with van der Waals surface area (Å²) in [5.74, 6) is -0.347. The van der Waals surface area contributed by atoms with Gasteiger partial charge >= 0.3 is 6.09 Å². The van der Waals surface area contributed by atoms with Crippen molar-refractivity contribution in [3.8, 4) is 0 Å². The molecule has 24 heavy (non-hydrogen) atoms. The molecule has 1 aliphatic rings. The summed E-state index contributed by atoms with van der Waals surface area (Å²) in [5.41, 5.74) is 1.48. The summed E-state index contributed by atoms with van der Waals surface area (Å²) < 4.78 is 18.7. The van der Waals surface area contributed by atoms with E-state index in [1.165, 1.54) is 0 Å². The molecule has 0 N–H and O–H groups in total. The van der Waals surface area contributed by atoms with E-state index in [-0.39, 0.29) is 23.9 Å². The molecule has 0 aliphatic carbocycles. The van der Waals surface area contributed by atoms with E-state index in [1.54, 1.807) is 49.8 Å². The van der Waals surface area contributed by atoms with Crippen LogP contribution >= 0.6 is 0 Å². The van der Waals surface area contributed by atoms with Crippen LogP contribution in [-0.2, 0) is 4.74 Å². The summed E-state index contributed by atoms with van der Waals surface area (Å²) in [6, 6.07) is 3.27. The van der Waals surface area contributed by atoms with Gasteiger partial charge in [0, 0.05) is 31.7 Å². The number of ether oxygens (including phenoxy) is 1. The third-order valence-electron chi connectivity index (χ3n) is 4.54. The van der Waals surface area contributed by atoms with Gasteiger partial charge in [-0.2, -0.15) is 0 Å². The Bertz CT molecular complexity index is 602. The minimum atomic E-state index is -0.327. The van der Waals surface area contributed by atoms with E-state index in [2.05, 4.69) is 0 Å². The molecule has 0 aromatic heterocycles. The molecule has 0 atom stereocenters. The summed E-state index contributed by atoms with van der Waals surface area (Å²) in [5, 5.41) is 0. The van der Waals surface area contributed by atoms with E-state index in [9.17, 15) is 14.0 Å². The molecule has 1 fully saturated rings. The first-order valence-electron chi connectivity index (χ1n) is 8.30. The van der Waals surface area contributed by atoms with Gasteiger partial charge < -0.3 is 14.5 Å². The molecule has 1 saturated heterocycles. The van der Waals surface area contributed by atoms with Crippen molar-refractivity contribution in [1.82, 2.24) is 9.80 Å². The van der Waals surface area contributed by atoms with Crippen molar-refractivity contribution in [1.29, 1.82) is 0 Å². The number of carbonyl (C=O) groups is 2. The van der Waals surface area contributed by atoms with Crippen molar-refractivity contribution in [3.63, 3.8) is 0 Å². The van der Waals surface area contributed by atoms with Crippen LogP contribution in [0.25, 0.3) is 0 Å². The minimum Gasteiger partial charge on any atom is -0.450 e. The number of piperidine rings is 1. The highest BCUT2D eigenvalue weighted by atomic mass is 19.1. The summed E-state index contributed by atoms with van der Waals surface area (Å²) in [6.45, 7) is 6.61. The van der Waals surface area contributed by atoms with E-state index in [4.69, 9.17) is 4.74 Å². The zero-order valence-electron chi connectivity index (χ0n) is 14.8. The Balaban J connectivity index is 1.99. The lowest BCUT2D eigenvalue weighted by Gasteiger charge is -2.36. The predicted octanol–water partition coefficient (Wildman–Crippen LogP) is 3.14. The van der Waals surface area contributed by atoms with E-state index in [1.807, 2.05) is 0 Å². The van der Waals surface area contributed by atoms with Gasteiger partial charge in [-0.15, -0.1) is 0 Å². The van der Waals surface area contributed by atoms with Gasteiger partial charge in [0.1, 0.15) is 5.82 Å². The van der Waals surface area contributed by atoms with Crippen LogP contribution in [0.3, 0.4) is 0 Å². The fraction of sp³-hybridized carbons (Fsp3) is 0.556. The Morgan fingerprint density at radius 2 is 1.79 bits per heavy atom. The molecule has 1 aromatic rings. The van der Waals surface area contributed by atoms with Crippen LogP contribution in [0.1, 0.15) is 41.3 Å². The monoisotopic (exact) mass is 336 g/mol. The first-order chi connectivity index (χ1) is 11.3. The highest BCUT2D eigenvalue weighted by Crippen LogP contribution is 2.20. The summed E-state index contributed by atoms with van der Waals surface area (Å²) in [7, 11) is 1.73. The standard InChI is InChI=1S/C18H25FN2O3/c1-5-24-18(23)20(4)15-6-8-21(9-7-15)17(22)14-10-12(2)16(19)13(3)11-14/h10-11,15H,5-9H2,1-4H3. The Morgan fingerprint density at radius 1 is 1.25 bits per heavy atom. The van der Waals surface area contributed by atoms with E-state index >= 15 is 0 Å². The Kier molecular flexibility index (Phi) is 5.80. The zero-order valence-corrected chi connectivity index (χ0v) is 14.8. The Morgan fingerprint density at radius 3 is 2.29 bits per heavy atom. The third kappa shape index (κ3) is 3.86. The van der Waals surface area contributed by atoms with Crippen molar-refractivity contribution in [2.45, 2.75) is 39.7 Å². The van der Waals surface area contributed by atoms with E-state index < -0.39 is 0 Å². The molecular formula is C18H25FN2O3. The first-order valence-corrected chi connectivity index (χ1v) is 8.30. The number of carbonyl (C=O) groups excluding carboxylic acids is 2. The highest BCUT2D eigenvalue weighted by Gasteiger charge is 2.28. The van der Waals surface area contributed by atoms with Crippen LogP contribution < -0.4 is 0 Å². The number of hydrogen-bond acceptors (Lipinski definition) is 3. The summed E-state index contributed by atoms with van der Waals surface area (Å²) in [6.07, 6.45) is 1.09. The van der Waals surface area contributed by atoms with Crippen LogP contribution in [0, 0.1) is 19.7 Å². The molecule has 0 bridgehead atoms. The quantitative estimate of drug-likeness (QED) is 0.852. The number of aryl methyl sites for hydroxylation is 2. The Hall–Kier alpha value is -2.11. The van der Waals surface area contributed by atoms with Gasteiger partial charge in [0.2, 0.25) is 0 Å². The molecule has 0 saturated carbocycles. The topological polar surface area (TPSA) is 49.9 Å². The second-order valence-electron chi connectivity index (χ2n) is 6.26. The summed E-state index contributed by atoms with van der Waals surface area (Å²) in [4.78, 5) is 27.8. The molecule has 2 amide bonds. The van der Waals surface area contributed by atoms with Gasteiger partial charge in [0.05, 0.1) is 6.61 Å². The maximum Gasteiger partial charge on any atom is 0.409 e. The second-order valence-corrected chi connectivity index (χ2v) is 6.26. The van der Waals surface area contributed by atoms with Crippen molar-refractivity contribution >= 4 is 12.0 Å². The number of hydrogen-bond donors (Lipinski definition) is 0. The molecule has 0 spiro atoms. The Labute approximate surface area is 142 Å². The van der Waals surface area contributed by atoms with Gasteiger partial charge in [0.25, 0.3) is 5.91 Å². The largest absolute Gasteiger partial charge is 0.450 e. The van der Waals surface area contributed by atoms with Crippen LogP contribution in [0.4, 0.5) is 9.18 Å². The molecule has 1 heterocycles. The number of halogens is 1. The molecule has 1 aromatic carbocycles. The van der Waals surface area contributed by atoms with Gasteiger partial charge in [0.15, 0.2) is 0 Å². The van der Waals surface area contributed by atoms with Crippen LogP contribution in [0.15, 0.2) is 12.1 Å². The van der Waals surface area contributed by atoms with Crippen LogP contribution in [0.5, 0.6) is 0 Å². The molecule has 1 aliphatic heterocycles. The molecule has 5 nitrogen and oxygen atoms in total. The maximum atomic E-state index is 13.7. The first kappa shape index (κ1) is 18.2. The molecule has 0 radical (unpaired) electrons. The van der Waals surface area contributed by atoms with Gasteiger partial charge in [-0.05, 0) is 56.9 Å². The van der Waals surface area contributed by atoms with Crippen molar-refractivity contribution < 1.29 is 18.7 Å². The van der Waals surface area contributed by atoms with Crippen molar-refractivity contribution in [3.05, 3.63) is 34.6 Å². The van der Waals surface area contributed by atoms with Crippen LogP contribution in [0.2, 0.25) is 0 Å². The lowest BCUT2D eigenvalue weighted by atomic mass is 10.0. The number of benzene rings is 1. The smallest absolute Gasteiger partial charge is 0.409 e. The number of likely N-dealkylation sites (tertiary alicyclic amines) is 1. The fourth-order valence-corrected chi connectivity index (χ4v) is 3.08. The third-order valence-corrected chi connectivity index (χ3v) is 4.54. The lowest BCUT2D eigenvalue weighted by Crippen LogP contribution is -2.47. The molecule has 2 rings (SSSR count). The molecule has 132 valence electrons. The van der Waals surface area contributed by atoms with Gasteiger partial charge in [-0.3, -0.25) is 4.79 Å².